The number of benzene rings is 1. The Balaban J connectivity index is 1.93. The van der Waals surface area contributed by atoms with E-state index in [1.807, 2.05) is 29.7 Å². The van der Waals surface area contributed by atoms with Gasteiger partial charge < -0.3 is 9.84 Å². The topological polar surface area (TPSA) is 85.8 Å². The molecule has 4 rings (SSSR count). The molecule has 1 aliphatic rings. The molecule has 1 aromatic carbocycles. The lowest BCUT2D eigenvalue weighted by Gasteiger charge is -2.08. The summed E-state index contributed by atoms with van der Waals surface area (Å²) in [6.07, 6.45) is 1.69. The highest BCUT2D eigenvalue weighted by atomic mass is 16.5. The van der Waals surface area contributed by atoms with E-state index in [0.717, 1.165) is 16.9 Å². The molecule has 0 unspecified atom stereocenters. The smallest absolute Gasteiger partial charge is 0.253 e. The first kappa shape index (κ1) is 12.8. The third-order valence-electron chi connectivity index (χ3n) is 3.68. The largest absolute Gasteiger partial charge is 0.346 e. The molecule has 7 nitrogen and oxygen atoms in total. The van der Waals surface area contributed by atoms with Crippen molar-refractivity contribution in [2.45, 2.75) is 20.4 Å². The maximum atomic E-state index is 12.3. The number of rotatable bonds is 1. The molecule has 1 N–H and O–H groups in total. The van der Waals surface area contributed by atoms with E-state index in [2.05, 4.69) is 20.4 Å². The number of aromatic nitrogens is 4. The van der Waals surface area contributed by atoms with Crippen molar-refractivity contribution in [2.75, 3.05) is 0 Å². The van der Waals surface area contributed by atoms with Crippen molar-refractivity contribution in [1.82, 2.24) is 25.0 Å². The Kier molecular flexibility index (Phi) is 2.62. The van der Waals surface area contributed by atoms with E-state index >= 15 is 0 Å². The summed E-state index contributed by atoms with van der Waals surface area (Å²) >= 11 is 0. The van der Waals surface area contributed by atoms with Crippen LogP contribution in [0.5, 0.6) is 0 Å². The average molecular weight is 295 g/mol. The van der Waals surface area contributed by atoms with E-state index in [9.17, 15) is 4.79 Å². The predicted octanol–water partition coefficient (Wildman–Crippen LogP) is 1.78. The highest BCUT2D eigenvalue weighted by Crippen LogP contribution is 2.27. The quantitative estimate of drug-likeness (QED) is 0.739. The van der Waals surface area contributed by atoms with Gasteiger partial charge in [-0.25, -0.2) is 4.98 Å². The summed E-state index contributed by atoms with van der Waals surface area (Å²) in [5.41, 5.74) is 3.91. The summed E-state index contributed by atoms with van der Waals surface area (Å²) < 4.78 is 6.92. The molecular weight excluding hydrogens is 282 g/mol. The molecule has 3 aromatic rings. The van der Waals surface area contributed by atoms with Gasteiger partial charge in [0.15, 0.2) is 0 Å². The zero-order valence-electron chi connectivity index (χ0n) is 12.1. The fourth-order valence-electron chi connectivity index (χ4n) is 2.63. The second-order valence-corrected chi connectivity index (χ2v) is 5.25. The van der Waals surface area contributed by atoms with Crippen LogP contribution >= 0.6 is 0 Å². The predicted molar refractivity (Wildman–Crippen MR) is 77.5 cm³/mol. The lowest BCUT2D eigenvalue weighted by molar-refractivity contribution is 0.0952. The second kappa shape index (κ2) is 4.52. The van der Waals surface area contributed by atoms with Crippen molar-refractivity contribution in [2.24, 2.45) is 0 Å². The molecule has 0 radical (unpaired) electrons. The first-order chi connectivity index (χ1) is 10.6. The molecule has 1 amide bonds. The van der Waals surface area contributed by atoms with E-state index in [0.29, 0.717) is 29.5 Å². The number of amides is 1. The highest BCUT2D eigenvalue weighted by molar-refractivity contribution is 5.98. The Morgan fingerprint density at radius 1 is 1.32 bits per heavy atom. The third kappa shape index (κ3) is 1.82. The summed E-state index contributed by atoms with van der Waals surface area (Å²) in [5.74, 6) is 0.805. The normalized spacial score (nSPS) is 13.3. The molecule has 0 aliphatic carbocycles. The van der Waals surface area contributed by atoms with Gasteiger partial charge in [-0.3, -0.25) is 9.36 Å². The monoisotopic (exact) mass is 295 g/mol. The van der Waals surface area contributed by atoms with Gasteiger partial charge in [0.25, 0.3) is 5.91 Å². The first-order valence-electron chi connectivity index (χ1n) is 6.89. The van der Waals surface area contributed by atoms with Gasteiger partial charge in [-0.1, -0.05) is 16.8 Å². The minimum absolute atomic E-state index is 0.0994. The number of nitrogens with one attached hydrogen (secondary N) is 1. The number of carbonyl (C=O) groups is 1. The summed E-state index contributed by atoms with van der Waals surface area (Å²) in [6.45, 7) is 4.04. The molecule has 3 heterocycles. The van der Waals surface area contributed by atoms with Gasteiger partial charge in [-0.15, -0.1) is 0 Å². The number of hydrogen-bond donors (Lipinski definition) is 1. The summed E-state index contributed by atoms with van der Waals surface area (Å²) in [7, 11) is 0. The number of hydrogen-bond acceptors (Lipinski definition) is 5. The minimum Gasteiger partial charge on any atom is -0.346 e. The minimum atomic E-state index is -0.0994. The van der Waals surface area contributed by atoms with Crippen molar-refractivity contribution in [3.63, 3.8) is 0 Å². The molecule has 22 heavy (non-hydrogen) atoms. The molecule has 7 heteroatoms. The van der Waals surface area contributed by atoms with Gasteiger partial charge in [0.05, 0.1) is 23.5 Å². The van der Waals surface area contributed by atoms with Crippen molar-refractivity contribution >= 4 is 5.91 Å². The first-order valence-corrected chi connectivity index (χ1v) is 6.89. The van der Waals surface area contributed by atoms with Gasteiger partial charge in [0.1, 0.15) is 12.0 Å². The maximum absolute atomic E-state index is 12.3. The Labute approximate surface area is 126 Å². The Morgan fingerprint density at radius 3 is 2.95 bits per heavy atom. The second-order valence-electron chi connectivity index (χ2n) is 5.25. The van der Waals surface area contributed by atoms with Crippen LogP contribution in [-0.2, 0) is 6.54 Å². The molecule has 0 spiro atoms. The average Bonchev–Trinajstić information content (AvgIpc) is 3.07. The lowest BCUT2D eigenvalue weighted by atomic mass is 10.1. The van der Waals surface area contributed by atoms with Gasteiger partial charge >= 0.3 is 0 Å². The molecule has 0 saturated carbocycles. The number of fused-ring (bicyclic) bond motifs is 3. The highest BCUT2D eigenvalue weighted by Gasteiger charge is 2.24. The number of imidazole rings is 1. The molecule has 1 aliphatic heterocycles. The molecule has 2 aromatic heterocycles. The van der Waals surface area contributed by atoms with Crippen LogP contribution in [-0.4, -0.2) is 25.6 Å². The van der Waals surface area contributed by atoms with Crippen LogP contribution in [0, 0.1) is 13.8 Å². The zero-order chi connectivity index (χ0) is 15.3. The molecule has 0 atom stereocenters. The van der Waals surface area contributed by atoms with Crippen molar-refractivity contribution < 1.29 is 9.32 Å². The lowest BCUT2D eigenvalue weighted by Crippen LogP contribution is -2.21. The van der Waals surface area contributed by atoms with Crippen LogP contribution in [0.4, 0.5) is 0 Å². The van der Waals surface area contributed by atoms with Gasteiger partial charge in [-0.05, 0) is 19.1 Å². The van der Waals surface area contributed by atoms with E-state index in [-0.39, 0.29) is 5.91 Å². The number of nitrogens with zero attached hydrogens (tertiary/aromatic N) is 4. The summed E-state index contributed by atoms with van der Waals surface area (Å²) in [5, 5.41) is 6.81. The van der Waals surface area contributed by atoms with Crippen LogP contribution in [0.15, 0.2) is 29.0 Å². The SMILES string of the molecule is Cc1ccc2c(c1)C(=O)NCc1c(-c3noc(C)n3)ncn1-2. The van der Waals surface area contributed by atoms with E-state index < -0.39 is 0 Å². The fourth-order valence-corrected chi connectivity index (χ4v) is 2.63. The van der Waals surface area contributed by atoms with Gasteiger partial charge in [0.2, 0.25) is 11.7 Å². The van der Waals surface area contributed by atoms with Crippen LogP contribution in [0.25, 0.3) is 17.2 Å². The Hall–Kier alpha value is -2.96. The fraction of sp³-hybridized carbons (Fsp3) is 0.200. The zero-order valence-corrected chi connectivity index (χ0v) is 12.1. The van der Waals surface area contributed by atoms with E-state index in [4.69, 9.17) is 4.52 Å². The molecular formula is C15H13N5O2. The van der Waals surface area contributed by atoms with Crippen molar-refractivity contribution in [3.8, 4) is 17.2 Å². The van der Waals surface area contributed by atoms with Gasteiger partial charge in [0, 0.05) is 6.92 Å². The van der Waals surface area contributed by atoms with E-state index in [1.54, 1.807) is 13.3 Å². The van der Waals surface area contributed by atoms with Crippen LogP contribution in [0.3, 0.4) is 0 Å². The van der Waals surface area contributed by atoms with Crippen molar-refractivity contribution in [1.29, 1.82) is 0 Å². The molecule has 0 bridgehead atoms. The molecule has 110 valence electrons. The van der Waals surface area contributed by atoms with Crippen LogP contribution < -0.4 is 5.32 Å². The van der Waals surface area contributed by atoms with Gasteiger partial charge in [-0.2, -0.15) is 4.98 Å². The molecule has 0 saturated heterocycles. The number of aryl methyl sites for hydroxylation is 2. The molecule has 0 fully saturated rings. The van der Waals surface area contributed by atoms with Crippen LogP contribution in [0.1, 0.15) is 27.5 Å². The standard InChI is InChI=1S/C15H13N5O2/c1-8-3-4-11-10(5-8)15(21)16-6-12-13(17-7-20(11)12)14-18-9(2)22-19-14/h3-5,7H,6H2,1-2H3,(H,16,21). The summed E-state index contributed by atoms with van der Waals surface area (Å²) in [6, 6.07) is 5.77. The van der Waals surface area contributed by atoms with E-state index in [1.165, 1.54) is 0 Å². The Bertz CT molecular complexity index is 893. The summed E-state index contributed by atoms with van der Waals surface area (Å²) in [4.78, 5) is 20.9. The maximum Gasteiger partial charge on any atom is 0.253 e. The number of carbonyl (C=O) groups excluding carboxylic acids is 1. The Morgan fingerprint density at radius 2 is 2.18 bits per heavy atom. The third-order valence-corrected chi connectivity index (χ3v) is 3.68. The van der Waals surface area contributed by atoms with Crippen LogP contribution in [0.2, 0.25) is 0 Å². The van der Waals surface area contributed by atoms with Crippen molar-refractivity contribution in [3.05, 3.63) is 47.2 Å².